The molecule has 0 heterocycles. The van der Waals surface area contributed by atoms with Crippen LogP contribution < -0.4 is 10.1 Å². The van der Waals surface area contributed by atoms with Crippen LogP contribution in [-0.2, 0) is 37.0 Å². The van der Waals surface area contributed by atoms with Gasteiger partial charge >= 0.3 is 18.0 Å². The van der Waals surface area contributed by atoms with Crippen molar-refractivity contribution in [2.45, 2.75) is 45.6 Å². The molecule has 8 heteroatoms. The van der Waals surface area contributed by atoms with Crippen LogP contribution in [0.1, 0.15) is 43.5 Å². The molecule has 8 nitrogen and oxygen atoms in total. The number of hydrogen-bond acceptors (Lipinski definition) is 7. The molecular weight excluding hydrogens is 486 g/mol. The molecule has 0 bridgehead atoms. The Hall–Kier alpha value is -4.33. The summed E-state index contributed by atoms with van der Waals surface area (Å²) >= 11 is 0. The van der Waals surface area contributed by atoms with Crippen LogP contribution in [0.25, 0.3) is 0 Å². The van der Waals surface area contributed by atoms with Crippen molar-refractivity contribution in [3.8, 4) is 5.75 Å². The molecule has 3 aromatic rings. The maximum absolute atomic E-state index is 13.5. The van der Waals surface area contributed by atoms with Gasteiger partial charge in [-0.2, -0.15) is 0 Å². The van der Waals surface area contributed by atoms with Gasteiger partial charge in [0, 0.05) is 5.56 Å². The molecule has 1 N–H and O–H groups in total. The molecule has 0 saturated heterocycles. The lowest BCUT2D eigenvalue weighted by molar-refractivity contribution is -0.165. The van der Waals surface area contributed by atoms with E-state index in [4.69, 9.17) is 18.9 Å². The Kier molecular flexibility index (Phi) is 9.87. The fraction of sp³-hybridized carbons (Fsp3) is 0.300. The second-order valence-electron chi connectivity index (χ2n) is 9.53. The van der Waals surface area contributed by atoms with Gasteiger partial charge in [-0.15, -0.1) is 0 Å². The average Bonchev–Trinajstić information content (AvgIpc) is 2.90. The number of amides is 1. The van der Waals surface area contributed by atoms with Crippen molar-refractivity contribution >= 4 is 18.0 Å². The highest BCUT2D eigenvalue weighted by molar-refractivity contribution is 5.96. The van der Waals surface area contributed by atoms with Crippen molar-refractivity contribution in [1.82, 2.24) is 5.32 Å². The van der Waals surface area contributed by atoms with Crippen molar-refractivity contribution in [1.29, 1.82) is 0 Å². The summed E-state index contributed by atoms with van der Waals surface area (Å²) < 4.78 is 22.0. The third-order valence-corrected chi connectivity index (χ3v) is 5.44. The van der Waals surface area contributed by atoms with Gasteiger partial charge in [0.15, 0.2) is 5.92 Å². The van der Waals surface area contributed by atoms with Crippen molar-refractivity contribution in [2.24, 2.45) is 5.92 Å². The van der Waals surface area contributed by atoms with Crippen LogP contribution in [0.15, 0.2) is 84.9 Å². The molecule has 0 fully saturated rings. The highest BCUT2D eigenvalue weighted by Crippen LogP contribution is 2.32. The van der Waals surface area contributed by atoms with Gasteiger partial charge in [-0.25, -0.2) is 4.79 Å². The van der Waals surface area contributed by atoms with Crippen LogP contribution in [0.5, 0.6) is 5.75 Å². The largest absolute Gasteiger partial charge is 0.496 e. The Morgan fingerprint density at radius 3 is 1.68 bits per heavy atom. The normalized spacial score (nSPS) is 11.8. The quantitative estimate of drug-likeness (QED) is 0.219. The topological polar surface area (TPSA) is 100 Å². The molecule has 3 aromatic carbocycles. The number of hydrogen-bond donors (Lipinski definition) is 1. The van der Waals surface area contributed by atoms with Crippen molar-refractivity contribution < 1.29 is 33.3 Å². The first-order chi connectivity index (χ1) is 18.2. The molecule has 1 atom stereocenters. The van der Waals surface area contributed by atoms with Crippen molar-refractivity contribution in [3.63, 3.8) is 0 Å². The van der Waals surface area contributed by atoms with Crippen LogP contribution in [0.2, 0.25) is 0 Å². The maximum Gasteiger partial charge on any atom is 0.408 e. The first-order valence-electron chi connectivity index (χ1n) is 12.2. The number of benzene rings is 3. The molecule has 0 aliphatic heterocycles. The zero-order chi connectivity index (χ0) is 27.5. The van der Waals surface area contributed by atoms with Gasteiger partial charge in [-0.05, 0) is 38.0 Å². The van der Waals surface area contributed by atoms with Crippen molar-refractivity contribution in [3.05, 3.63) is 102 Å². The molecule has 0 unspecified atom stereocenters. The maximum atomic E-state index is 13.5. The Balaban J connectivity index is 1.96. The molecule has 0 aliphatic rings. The number of alkyl carbamates (subject to hydrolysis) is 1. The summed E-state index contributed by atoms with van der Waals surface area (Å²) in [5.74, 6) is -2.91. The lowest BCUT2D eigenvalue weighted by Crippen LogP contribution is -2.44. The van der Waals surface area contributed by atoms with Crippen LogP contribution >= 0.6 is 0 Å². The van der Waals surface area contributed by atoms with E-state index in [2.05, 4.69) is 5.32 Å². The zero-order valence-electron chi connectivity index (χ0n) is 22.0. The van der Waals surface area contributed by atoms with Gasteiger partial charge in [0.2, 0.25) is 0 Å². The molecule has 0 aromatic heterocycles. The Morgan fingerprint density at radius 1 is 0.737 bits per heavy atom. The smallest absolute Gasteiger partial charge is 0.408 e. The molecule has 0 spiro atoms. The first kappa shape index (κ1) is 28.2. The highest BCUT2D eigenvalue weighted by atomic mass is 16.6. The molecular formula is C30H33NO7. The van der Waals surface area contributed by atoms with E-state index in [0.717, 1.165) is 11.1 Å². The fourth-order valence-corrected chi connectivity index (χ4v) is 3.70. The van der Waals surface area contributed by atoms with Gasteiger partial charge in [-0.1, -0.05) is 78.9 Å². The van der Waals surface area contributed by atoms with E-state index in [1.807, 2.05) is 36.4 Å². The molecule has 38 heavy (non-hydrogen) atoms. The van der Waals surface area contributed by atoms with Gasteiger partial charge in [0.25, 0.3) is 0 Å². The molecule has 0 saturated carbocycles. The first-order valence-corrected chi connectivity index (χ1v) is 12.2. The van der Waals surface area contributed by atoms with E-state index >= 15 is 0 Å². The summed E-state index contributed by atoms with van der Waals surface area (Å²) in [4.78, 5) is 39.9. The SMILES string of the molecule is COc1ccccc1[C@H](NC(=O)OC(C)(C)C)C(C(=O)OCc1ccccc1)C(=O)OCc1ccccc1. The Morgan fingerprint density at radius 2 is 1.21 bits per heavy atom. The number of ether oxygens (including phenoxy) is 4. The van der Waals surface area contributed by atoms with E-state index in [0.29, 0.717) is 11.3 Å². The minimum absolute atomic E-state index is 0.0623. The lowest BCUT2D eigenvalue weighted by Gasteiger charge is -2.28. The number of methoxy groups -OCH3 is 1. The zero-order valence-corrected chi connectivity index (χ0v) is 22.0. The third kappa shape index (κ3) is 8.37. The molecule has 1 amide bonds. The van der Waals surface area contributed by atoms with E-state index in [1.165, 1.54) is 7.11 Å². The Labute approximate surface area is 222 Å². The van der Waals surface area contributed by atoms with Crippen LogP contribution in [-0.4, -0.2) is 30.7 Å². The van der Waals surface area contributed by atoms with Crippen LogP contribution in [0.3, 0.4) is 0 Å². The third-order valence-electron chi connectivity index (χ3n) is 5.44. The predicted octanol–water partition coefficient (Wildman–Crippen LogP) is 5.36. The number of carbonyl (C=O) groups is 3. The van der Waals surface area contributed by atoms with E-state index in [1.54, 1.807) is 69.3 Å². The molecule has 0 radical (unpaired) electrons. The molecule has 0 aliphatic carbocycles. The van der Waals surface area contributed by atoms with Gasteiger partial charge in [-0.3, -0.25) is 9.59 Å². The predicted molar refractivity (Wildman–Crippen MR) is 141 cm³/mol. The average molecular weight is 520 g/mol. The summed E-state index contributed by atoms with van der Waals surface area (Å²) in [7, 11) is 1.46. The van der Waals surface area contributed by atoms with E-state index < -0.39 is 35.6 Å². The van der Waals surface area contributed by atoms with Crippen LogP contribution in [0, 0.1) is 5.92 Å². The number of para-hydroxylation sites is 1. The second-order valence-corrected chi connectivity index (χ2v) is 9.53. The molecule has 200 valence electrons. The monoisotopic (exact) mass is 519 g/mol. The van der Waals surface area contributed by atoms with Gasteiger partial charge < -0.3 is 24.3 Å². The summed E-state index contributed by atoms with van der Waals surface area (Å²) in [5.41, 5.74) is 1.06. The highest BCUT2D eigenvalue weighted by Gasteiger charge is 2.41. The van der Waals surface area contributed by atoms with Gasteiger partial charge in [0.1, 0.15) is 24.6 Å². The minimum Gasteiger partial charge on any atom is -0.496 e. The number of carbonyl (C=O) groups excluding carboxylic acids is 3. The second kappa shape index (κ2) is 13.3. The number of nitrogens with one attached hydrogen (secondary N) is 1. The minimum atomic E-state index is -1.55. The summed E-state index contributed by atoms with van der Waals surface area (Å²) in [6.07, 6.45) is -0.815. The summed E-state index contributed by atoms with van der Waals surface area (Å²) in [6, 6.07) is 23.7. The molecule has 3 rings (SSSR count). The standard InChI is InChI=1S/C30H33NO7/c1-30(2,3)38-29(34)31-26(23-17-11-12-18-24(23)35-4)25(27(32)36-19-21-13-7-5-8-14-21)28(33)37-20-22-15-9-6-10-16-22/h5-18,25-26H,19-20H2,1-4H3,(H,31,34)/t26-/m0/s1. The Bertz CT molecular complexity index is 1150. The van der Waals surface area contributed by atoms with E-state index in [9.17, 15) is 14.4 Å². The van der Waals surface area contributed by atoms with Gasteiger partial charge in [0.05, 0.1) is 13.2 Å². The number of rotatable bonds is 10. The van der Waals surface area contributed by atoms with Crippen LogP contribution in [0.4, 0.5) is 4.79 Å². The van der Waals surface area contributed by atoms with E-state index in [-0.39, 0.29) is 13.2 Å². The lowest BCUT2D eigenvalue weighted by atomic mass is 9.92. The summed E-state index contributed by atoms with van der Waals surface area (Å²) in [6.45, 7) is 5.01. The van der Waals surface area contributed by atoms with Crippen molar-refractivity contribution in [2.75, 3.05) is 7.11 Å². The summed E-state index contributed by atoms with van der Waals surface area (Å²) in [5, 5.41) is 2.68. The number of esters is 2. The fourth-order valence-electron chi connectivity index (χ4n) is 3.70.